The fourth-order valence-corrected chi connectivity index (χ4v) is 1.69. The van der Waals surface area contributed by atoms with Gasteiger partial charge in [0.15, 0.2) is 5.13 Å². The molecule has 0 fully saturated rings. The zero-order chi connectivity index (χ0) is 10.6. The van der Waals surface area contributed by atoms with Crippen LogP contribution in [0.25, 0.3) is 0 Å². The summed E-state index contributed by atoms with van der Waals surface area (Å²) >= 11 is 0.846. The third-order valence-corrected chi connectivity index (χ3v) is 2.65. The van der Waals surface area contributed by atoms with Crippen molar-refractivity contribution >= 4 is 17.2 Å². The highest BCUT2D eigenvalue weighted by molar-refractivity contribution is 7.12. The van der Waals surface area contributed by atoms with Crippen molar-refractivity contribution in [3.63, 3.8) is 0 Å². The Kier molecular flexibility index (Phi) is 4.03. The Hall–Kier alpha value is -0.940. The van der Waals surface area contributed by atoms with Crippen molar-refractivity contribution in [3.8, 4) is 0 Å². The first-order valence-corrected chi connectivity index (χ1v) is 5.21. The van der Waals surface area contributed by atoms with Crippen molar-refractivity contribution < 1.29 is 9.18 Å². The molecule has 14 heavy (non-hydrogen) atoms. The molecule has 3 N–H and O–H groups in total. The number of amides is 1. The van der Waals surface area contributed by atoms with E-state index in [0.29, 0.717) is 11.4 Å². The van der Waals surface area contributed by atoms with Crippen LogP contribution in [0.2, 0.25) is 0 Å². The van der Waals surface area contributed by atoms with Gasteiger partial charge < -0.3 is 11.1 Å². The SMILES string of the molecule is CC(CCN)NC(=O)c1ccc(F)s1. The van der Waals surface area contributed by atoms with Crippen LogP contribution >= 0.6 is 11.3 Å². The average molecular weight is 216 g/mol. The Morgan fingerprint density at radius 2 is 2.43 bits per heavy atom. The fourth-order valence-electron chi connectivity index (χ4n) is 1.05. The smallest absolute Gasteiger partial charge is 0.261 e. The summed E-state index contributed by atoms with van der Waals surface area (Å²) in [6.45, 7) is 2.40. The van der Waals surface area contributed by atoms with E-state index in [1.165, 1.54) is 12.1 Å². The second kappa shape index (κ2) is 5.07. The maximum atomic E-state index is 12.6. The molecule has 1 unspecified atom stereocenters. The van der Waals surface area contributed by atoms with Gasteiger partial charge >= 0.3 is 0 Å². The third kappa shape index (κ3) is 3.08. The van der Waals surface area contributed by atoms with Crippen LogP contribution in [0.1, 0.15) is 23.0 Å². The highest BCUT2D eigenvalue weighted by Crippen LogP contribution is 2.14. The largest absolute Gasteiger partial charge is 0.349 e. The summed E-state index contributed by atoms with van der Waals surface area (Å²) < 4.78 is 12.6. The van der Waals surface area contributed by atoms with Crippen LogP contribution in [-0.2, 0) is 0 Å². The lowest BCUT2D eigenvalue weighted by Crippen LogP contribution is -2.33. The van der Waals surface area contributed by atoms with Gasteiger partial charge in [0.2, 0.25) is 0 Å². The Morgan fingerprint density at radius 3 is 2.93 bits per heavy atom. The molecule has 0 spiro atoms. The minimum Gasteiger partial charge on any atom is -0.349 e. The van der Waals surface area contributed by atoms with Crippen LogP contribution in [0, 0.1) is 5.13 Å². The van der Waals surface area contributed by atoms with Gasteiger partial charge in [-0.1, -0.05) is 0 Å². The van der Waals surface area contributed by atoms with Crippen molar-refractivity contribution in [1.29, 1.82) is 0 Å². The molecule has 0 aliphatic heterocycles. The molecular formula is C9H13FN2OS. The normalized spacial score (nSPS) is 12.5. The lowest BCUT2D eigenvalue weighted by Gasteiger charge is -2.11. The second-order valence-electron chi connectivity index (χ2n) is 3.06. The number of rotatable bonds is 4. The summed E-state index contributed by atoms with van der Waals surface area (Å²) in [4.78, 5) is 11.8. The van der Waals surface area contributed by atoms with E-state index in [1.807, 2.05) is 6.92 Å². The minimum absolute atomic E-state index is 0.0256. The lowest BCUT2D eigenvalue weighted by atomic mass is 10.2. The summed E-state index contributed by atoms with van der Waals surface area (Å²) in [5.41, 5.74) is 5.34. The molecular weight excluding hydrogens is 203 g/mol. The highest BCUT2D eigenvalue weighted by atomic mass is 32.1. The molecule has 0 saturated heterocycles. The molecule has 0 aromatic carbocycles. The topological polar surface area (TPSA) is 55.1 Å². The first kappa shape index (κ1) is 11.1. The average Bonchev–Trinajstić information content (AvgIpc) is 2.52. The molecule has 78 valence electrons. The van der Waals surface area contributed by atoms with Crippen molar-refractivity contribution in [1.82, 2.24) is 5.32 Å². The standard InChI is InChI=1S/C9H13FN2OS/c1-6(4-5-11)12-9(13)7-2-3-8(10)14-7/h2-3,6H,4-5,11H2,1H3,(H,12,13). The number of hydrogen-bond acceptors (Lipinski definition) is 3. The van der Waals surface area contributed by atoms with Crippen molar-refractivity contribution in [2.24, 2.45) is 5.73 Å². The molecule has 0 bridgehead atoms. The third-order valence-electron chi connectivity index (χ3n) is 1.77. The second-order valence-corrected chi connectivity index (χ2v) is 4.09. The fraction of sp³-hybridized carbons (Fsp3) is 0.444. The molecule has 0 saturated carbocycles. The van der Waals surface area contributed by atoms with Crippen LogP contribution in [-0.4, -0.2) is 18.5 Å². The van der Waals surface area contributed by atoms with Gasteiger partial charge in [-0.25, -0.2) is 0 Å². The zero-order valence-corrected chi connectivity index (χ0v) is 8.73. The predicted octanol–water partition coefficient (Wildman–Crippen LogP) is 1.35. The molecule has 0 aliphatic carbocycles. The Morgan fingerprint density at radius 1 is 1.71 bits per heavy atom. The van der Waals surface area contributed by atoms with Gasteiger partial charge in [-0.3, -0.25) is 4.79 Å². The summed E-state index contributed by atoms with van der Waals surface area (Å²) in [5.74, 6) is -0.236. The van der Waals surface area contributed by atoms with E-state index in [0.717, 1.165) is 17.8 Å². The minimum atomic E-state index is -0.346. The molecule has 1 atom stereocenters. The number of carbonyl (C=O) groups excluding carboxylic acids is 1. The van der Waals surface area contributed by atoms with E-state index in [9.17, 15) is 9.18 Å². The number of nitrogens with one attached hydrogen (secondary N) is 1. The summed E-state index contributed by atoms with van der Waals surface area (Å²) in [6, 6.07) is 2.79. The van der Waals surface area contributed by atoms with Crippen LogP contribution in [0.3, 0.4) is 0 Å². The Bertz CT molecular complexity index is 314. The molecule has 1 aromatic heterocycles. The van der Waals surface area contributed by atoms with Crippen molar-refractivity contribution in [2.75, 3.05) is 6.54 Å². The van der Waals surface area contributed by atoms with E-state index in [1.54, 1.807) is 0 Å². The first-order valence-electron chi connectivity index (χ1n) is 4.39. The molecule has 1 heterocycles. The molecule has 0 aliphatic rings. The summed E-state index contributed by atoms with van der Waals surface area (Å²) in [6.07, 6.45) is 0.722. The molecule has 1 aromatic rings. The molecule has 5 heteroatoms. The molecule has 3 nitrogen and oxygen atoms in total. The summed E-state index contributed by atoms with van der Waals surface area (Å²) in [5, 5.41) is 2.39. The number of hydrogen-bond donors (Lipinski definition) is 2. The summed E-state index contributed by atoms with van der Waals surface area (Å²) in [7, 11) is 0. The number of carbonyl (C=O) groups is 1. The van der Waals surface area contributed by atoms with Gasteiger partial charge in [0, 0.05) is 6.04 Å². The molecule has 1 rings (SSSR count). The Balaban J connectivity index is 2.50. The van der Waals surface area contributed by atoms with Crippen molar-refractivity contribution in [2.45, 2.75) is 19.4 Å². The lowest BCUT2D eigenvalue weighted by molar-refractivity contribution is 0.0943. The first-order chi connectivity index (χ1) is 6.63. The van der Waals surface area contributed by atoms with E-state index in [2.05, 4.69) is 5.32 Å². The predicted molar refractivity (Wildman–Crippen MR) is 54.9 cm³/mol. The Labute approximate surface area is 86.1 Å². The van der Waals surface area contributed by atoms with Crippen LogP contribution < -0.4 is 11.1 Å². The maximum absolute atomic E-state index is 12.6. The zero-order valence-electron chi connectivity index (χ0n) is 7.92. The van der Waals surface area contributed by atoms with Crippen LogP contribution in [0.4, 0.5) is 4.39 Å². The van der Waals surface area contributed by atoms with Gasteiger partial charge in [-0.2, -0.15) is 4.39 Å². The molecule has 1 amide bonds. The van der Waals surface area contributed by atoms with Crippen LogP contribution in [0.5, 0.6) is 0 Å². The maximum Gasteiger partial charge on any atom is 0.261 e. The van der Waals surface area contributed by atoms with E-state index in [-0.39, 0.29) is 17.1 Å². The van der Waals surface area contributed by atoms with Gasteiger partial charge in [0.25, 0.3) is 5.91 Å². The van der Waals surface area contributed by atoms with Gasteiger partial charge in [0.1, 0.15) is 0 Å². The number of halogens is 1. The van der Waals surface area contributed by atoms with Gasteiger partial charge in [-0.05, 0) is 32.0 Å². The van der Waals surface area contributed by atoms with E-state index in [4.69, 9.17) is 5.73 Å². The van der Waals surface area contributed by atoms with Gasteiger partial charge in [0.05, 0.1) is 4.88 Å². The van der Waals surface area contributed by atoms with E-state index >= 15 is 0 Å². The molecule has 0 radical (unpaired) electrons. The van der Waals surface area contributed by atoms with E-state index < -0.39 is 0 Å². The number of nitrogens with two attached hydrogens (primary N) is 1. The quantitative estimate of drug-likeness (QED) is 0.798. The van der Waals surface area contributed by atoms with Gasteiger partial charge in [-0.15, -0.1) is 11.3 Å². The highest BCUT2D eigenvalue weighted by Gasteiger charge is 2.11. The monoisotopic (exact) mass is 216 g/mol. The van der Waals surface area contributed by atoms with Crippen LogP contribution in [0.15, 0.2) is 12.1 Å². The van der Waals surface area contributed by atoms with Crippen molar-refractivity contribution in [3.05, 3.63) is 22.1 Å². The number of thiophene rings is 1.